The Labute approximate surface area is 225 Å². The second-order valence-electron chi connectivity index (χ2n) is 12.7. The van der Waals surface area contributed by atoms with E-state index in [4.69, 9.17) is 28.1 Å². The molecule has 1 N–H and O–H groups in total. The van der Waals surface area contributed by atoms with Crippen molar-refractivity contribution in [1.82, 2.24) is 4.98 Å². The summed E-state index contributed by atoms with van der Waals surface area (Å²) in [6.45, 7) is 16.9. The predicted octanol–water partition coefficient (Wildman–Crippen LogP) is 4.51. The van der Waals surface area contributed by atoms with Gasteiger partial charge in [0.2, 0.25) is 0 Å². The van der Waals surface area contributed by atoms with Crippen molar-refractivity contribution in [1.29, 1.82) is 0 Å². The second kappa shape index (κ2) is 8.35. The molecule has 3 aromatic rings. The van der Waals surface area contributed by atoms with Crippen LogP contribution in [0.1, 0.15) is 67.1 Å². The molecule has 2 saturated heterocycles. The molecule has 0 aliphatic carbocycles. The topological polar surface area (TPSA) is 71.2 Å². The summed E-state index contributed by atoms with van der Waals surface area (Å²) in [5, 5.41) is 1.08. The molecule has 2 fully saturated rings. The number of fused-ring (bicyclic) bond motifs is 5. The highest BCUT2D eigenvalue weighted by Crippen LogP contribution is 2.46. The molecule has 2 aromatic carbocycles. The van der Waals surface area contributed by atoms with Crippen LogP contribution >= 0.6 is 0 Å². The molecule has 9 heteroatoms. The smallest absolute Gasteiger partial charge is 0.483 e. The van der Waals surface area contributed by atoms with Gasteiger partial charge in [0, 0.05) is 29.1 Å². The fourth-order valence-electron chi connectivity index (χ4n) is 5.35. The lowest BCUT2D eigenvalue weighted by atomic mass is 9.77. The summed E-state index contributed by atoms with van der Waals surface area (Å²) in [5.74, 6) is 0.782. The number of hydrogen-bond acceptors (Lipinski definition) is 6. The van der Waals surface area contributed by atoms with Gasteiger partial charge in [0.05, 0.1) is 34.7 Å². The summed E-state index contributed by atoms with van der Waals surface area (Å²) in [5.41, 5.74) is 4.43. The Morgan fingerprint density at radius 2 is 1.29 bits per heavy atom. The van der Waals surface area contributed by atoms with Gasteiger partial charge >= 0.3 is 14.2 Å². The Morgan fingerprint density at radius 3 is 1.84 bits per heavy atom. The zero-order valence-electron chi connectivity index (χ0n) is 23.9. The zero-order valence-corrected chi connectivity index (χ0v) is 23.9. The van der Waals surface area contributed by atoms with Crippen molar-refractivity contribution in [3.05, 3.63) is 42.0 Å². The number of nitrogens with one attached hydrogen (secondary N) is 1. The van der Waals surface area contributed by atoms with Crippen molar-refractivity contribution in [2.45, 2.75) is 83.9 Å². The Hall–Kier alpha value is -2.29. The van der Waals surface area contributed by atoms with E-state index in [-0.39, 0.29) is 6.10 Å². The highest BCUT2D eigenvalue weighted by atomic mass is 16.7. The molecule has 3 aliphatic rings. The zero-order chi connectivity index (χ0) is 27.3. The number of rotatable bonds is 4. The number of methoxy groups -OCH3 is 1. The van der Waals surface area contributed by atoms with E-state index in [1.807, 2.05) is 6.07 Å². The molecule has 0 radical (unpaired) electrons. The average Bonchev–Trinajstić information content (AvgIpc) is 3.39. The van der Waals surface area contributed by atoms with Gasteiger partial charge in [0.1, 0.15) is 11.9 Å². The second-order valence-corrected chi connectivity index (χ2v) is 12.7. The molecular weight excluding hydrogens is 480 g/mol. The maximum atomic E-state index is 6.58. The van der Waals surface area contributed by atoms with Crippen molar-refractivity contribution in [3.63, 3.8) is 0 Å². The average molecular weight is 517 g/mol. The first kappa shape index (κ1) is 26.0. The van der Waals surface area contributed by atoms with Gasteiger partial charge in [-0.15, -0.1) is 0 Å². The number of aromatic amines is 1. The molecule has 6 rings (SSSR count). The van der Waals surface area contributed by atoms with Gasteiger partial charge in [0.15, 0.2) is 0 Å². The van der Waals surface area contributed by atoms with E-state index in [0.29, 0.717) is 6.61 Å². The van der Waals surface area contributed by atoms with Crippen LogP contribution in [0.25, 0.3) is 22.2 Å². The van der Waals surface area contributed by atoms with Gasteiger partial charge in [0.25, 0.3) is 0 Å². The molecule has 0 saturated carbocycles. The van der Waals surface area contributed by atoms with Crippen LogP contribution in [0.4, 0.5) is 0 Å². The van der Waals surface area contributed by atoms with Crippen LogP contribution in [0.15, 0.2) is 36.4 Å². The van der Waals surface area contributed by atoms with Crippen molar-refractivity contribution < 1.29 is 28.1 Å². The third-order valence-corrected chi connectivity index (χ3v) is 9.10. The standard InChI is InChI=1S/C29H37B2NO6/c1-26(2)27(3,4)36-30(35-26)17-11-13-21-20(14-17)24-23(16-33-9)34-22-15-18(10-12-19(22)25(24)32-21)31-37-28(5,6)29(7,8)38-31/h10-15,23,32H,16H2,1-9H3. The van der Waals surface area contributed by atoms with Crippen molar-refractivity contribution in [2.24, 2.45) is 0 Å². The largest absolute Gasteiger partial charge is 0.494 e. The normalized spacial score (nSPS) is 24.4. The minimum atomic E-state index is -0.457. The molecule has 4 heterocycles. The molecule has 0 bridgehead atoms. The first-order valence-electron chi connectivity index (χ1n) is 13.4. The van der Waals surface area contributed by atoms with E-state index in [1.54, 1.807) is 7.11 Å². The van der Waals surface area contributed by atoms with Gasteiger partial charge in [-0.3, -0.25) is 0 Å². The number of H-pyrrole nitrogens is 1. The Bertz CT molecular complexity index is 1380. The summed E-state index contributed by atoms with van der Waals surface area (Å²) in [6.07, 6.45) is -0.279. The van der Waals surface area contributed by atoms with Gasteiger partial charge in [-0.2, -0.15) is 0 Å². The summed E-state index contributed by atoms with van der Waals surface area (Å²) in [6, 6.07) is 12.5. The molecular formula is C29H37B2NO6. The first-order chi connectivity index (χ1) is 17.7. The van der Waals surface area contributed by atoms with Gasteiger partial charge in [-0.25, -0.2) is 0 Å². The quantitative estimate of drug-likeness (QED) is 0.514. The lowest BCUT2D eigenvalue weighted by Gasteiger charge is -2.32. The Morgan fingerprint density at radius 1 is 0.763 bits per heavy atom. The number of benzene rings is 2. The van der Waals surface area contributed by atoms with Crippen LogP contribution in [-0.4, -0.2) is 55.3 Å². The van der Waals surface area contributed by atoms with E-state index >= 15 is 0 Å². The van der Waals surface area contributed by atoms with Crippen molar-refractivity contribution >= 4 is 36.1 Å². The van der Waals surface area contributed by atoms with Gasteiger partial charge in [-0.05, 0) is 84.5 Å². The van der Waals surface area contributed by atoms with E-state index < -0.39 is 36.6 Å². The van der Waals surface area contributed by atoms with Crippen LogP contribution in [-0.2, 0) is 23.4 Å². The minimum absolute atomic E-state index is 0.279. The van der Waals surface area contributed by atoms with Gasteiger partial charge in [-0.1, -0.05) is 18.2 Å². The summed E-state index contributed by atoms with van der Waals surface area (Å²) in [4.78, 5) is 3.65. The van der Waals surface area contributed by atoms with E-state index in [1.165, 1.54) is 0 Å². The Balaban J connectivity index is 1.40. The SMILES string of the molecule is COCC1Oc2cc(B3OC(C)(C)C(C)(C)O3)ccc2-c2[nH]c3ccc(B4OC(C)(C)C(C)(C)O4)cc3c21. The lowest BCUT2D eigenvalue weighted by Crippen LogP contribution is -2.41. The first-order valence-corrected chi connectivity index (χ1v) is 13.4. The van der Waals surface area contributed by atoms with E-state index in [2.05, 4.69) is 90.7 Å². The van der Waals surface area contributed by atoms with Gasteiger partial charge < -0.3 is 33.1 Å². The molecule has 7 nitrogen and oxygen atoms in total. The third-order valence-electron chi connectivity index (χ3n) is 9.10. The van der Waals surface area contributed by atoms with Crippen LogP contribution in [0.3, 0.4) is 0 Å². The maximum Gasteiger partial charge on any atom is 0.494 e. The molecule has 1 atom stereocenters. The molecule has 0 amide bonds. The molecule has 1 unspecified atom stereocenters. The molecule has 1 aromatic heterocycles. The van der Waals surface area contributed by atoms with Crippen LogP contribution in [0, 0.1) is 0 Å². The van der Waals surface area contributed by atoms with E-state index in [9.17, 15) is 0 Å². The van der Waals surface area contributed by atoms with Crippen molar-refractivity contribution in [3.8, 4) is 17.0 Å². The number of aromatic nitrogens is 1. The fraction of sp³-hybridized carbons (Fsp3) is 0.517. The monoisotopic (exact) mass is 517 g/mol. The van der Waals surface area contributed by atoms with Crippen LogP contribution in [0.2, 0.25) is 0 Å². The highest BCUT2D eigenvalue weighted by molar-refractivity contribution is 6.62. The molecule has 38 heavy (non-hydrogen) atoms. The lowest BCUT2D eigenvalue weighted by molar-refractivity contribution is 0.00578. The van der Waals surface area contributed by atoms with Crippen LogP contribution < -0.4 is 15.7 Å². The van der Waals surface area contributed by atoms with Crippen LogP contribution in [0.5, 0.6) is 5.75 Å². The highest BCUT2D eigenvalue weighted by Gasteiger charge is 2.53. The Kier molecular flexibility index (Phi) is 5.71. The third kappa shape index (κ3) is 3.86. The molecule has 200 valence electrons. The fourth-order valence-corrected chi connectivity index (χ4v) is 5.35. The summed E-state index contributed by atoms with van der Waals surface area (Å²) < 4.78 is 37.4. The minimum Gasteiger partial charge on any atom is -0.483 e. The molecule has 0 spiro atoms. The summed E-state index contributed by atoms with van der Waals surface area (Å²) >= 11 is 0. The number of hydrogen-bond donors (Lipinski definition) is 1. The summed E-state index contributed by atoms with van der Waals surface area (Å²) in [7, 11) is 0.806. The van der Waals surface area contributed by atoms with Crippen molar-refractivity contribution in [2.75, 3.05) is 13.7 Å². The predicted molar refractivity (Wildman–Crippen MR) is 150 cm³/mol. The molecule has 3 aliphatic heterocycles. The maximum absolute atomic E-state index is 6.58. The number of ether oxygens (including phenoxy) is 2. The van der Waals surface area contributed by atoms with E-state index in [0.717, 1.165) is 44.4 Å².